The fraction of sp³-hybridized carbons (Fsp3) is 0.267. The van der Waals surface area contributed by atoms with E-state index in [4.69, 9.17) is 16.7 Å². The van der Waals surface area contributed by atoms with Crippen LogP contribution in [0.1, 0.15) is 23.7 Å². The molecule has 0 bridgehead atoms. The van der Waals surface area contributed by atoms with Crippen molar-refractivity contribution in [1.82, 2.24) is 15.5 Å². The van der Waals surface area contributed by atoms with Gasteiger partial charge in [0.2, 0.25) is 0 Å². The summed E-state index contributed by atoms with van der Waals surface area (Å²) in [5, 5.41) is 21.6. The lowest BCUT2D eigenvalue weighted by Gasteiger charge is -2.41. The van der Waals surface area contributed by atoms with Crippen molar-refractivity contribution < 1.29 is 14.7 Å². The zero-order valence-electron chi connectivity index (χ0n) is 12.8. The molecule has 4 N–H and O–H groups in total. The number of carbonyl (C=O) groups is 2. The Morgan fingerprint density at radius 1 is 1.54 bits per heavy atom. The first-order chi connectivity index (χ1) is 11.5. The van der Waals surface area contributed by atoms with Gasteiger partial charge < -0.3 is 15.7 Å². The van der Waals surface area contributed by atoms with Gasteiger partial charge in [0.25, 0.3) is 5.91 Å². The van der Waals surface area contributed by atoms with E-state index >= 15 is 0 Å². The number of carbonyl (C=O) groups excluding carboxylic acids is 1. The number of aromatic amines is 1. The Morgan fingerprint density at radius 3 is 2.96 bits per heavy atom. The minimum atomic E-state index is -1.15. The van der Waals surface area contributed by atoms with Gasteiger partial charge in [0.1, 0.15) is 6.17 Å². The van der Waals surface area contributed by atoms with Gasteiger partial charge in [-0.3, -0.25) is 14.8 Å². The molecule has 0 aliphatic carbocycles. The molecule has 9 heteroatoms. The first-order valence-corrected chi connectivity index (χ1v) is 7.77. The third-order valence-electron chi connectivity index (χ3n) is 3.92. The minimum Gasteiger partial charge on any atom is -0.465 e. The molecule has 2 aromatic rings. The number of H-pyrrole nitrogens is 1. The van der Waals surface area contributed by atoms with E-state index < -0.39 is 18.3 Å². The predicted molar refractivity (Wildman–Crippen MR) is 89.5 cm³/mol. The van der Waals surface area contributed by atoms with Crippen molar-refractivity contribution in [3.63, 3.8) is 0 Å². The quantitative estimate of drug-likeness (QED) is 0.678. The van der Waals surface area contributed by atoms with Crippen molar-refractivity contribution in [2.75, 3.05) is 10.2 Å². The molecule has 1 aliphatic heterocycles. The van der Waals surface area contributed by atoms with Gasteiger partial charge >= 0.3 is 6.09 Å². The molecule has 0 fully saturated rings. The first kappa shape index (κ1) is 16.1. The Bertz CT molecular complexity index is 764. The van der Waals surface area contributed by atoms with Gasteiger partial charge in [-0.15, -0.1) is 0 Å². The van der Waals surface area contributed by atoms with E-state index in [1.54, 1.807) is 24.4 Å². The minimum absolute atomic E-state index is 0.314. The van der Waals surface area contributed by atoms with E-state index in [2.05, 4.69) is 20.8 Å². The molecule has 0 radical (unpaired) electrons. The van der Waals surface area contributed by atoms with Crippen LogP contribution in [0.25, 0.3) is 0 Å². The van der Waals surface area contributed by atoms with Crippen molar-refractivity contribution in [2.45, 2.75) is 25.6 Å². The van der Waals surface area contributed by atoms with Crippen molar-refractivity contribution in [2.24, 2.45) is 0 Å². The largest absolute Gasteiger partial charge is 0.465 e. The number of hydrogen-bond donors (Lipinski definition) is 4. The monoisotopic (exact) mass is 349 g/mol. The zero-order chi connectivity index (χ0) is 17.3. The highest BCUT2D eigenvalue weighted by molar-refractivity contribution is 6.35. The summed E-state index contributed by atoms with van der Waals surface area (Å²) in [7, 11) is 0. The third-order valence-corrected chi connectivity index (χ3v) is 4.23. The number of halogens is 1. The third kappa shape index (κ3) is 2.76. The normalized spacial score (nSPS) is 17.8. The molecular weight excluding hydrogens is 334 g/mol. The number of aromatic nitrogens is 2. The summed E-state index contributed by atoms with van der Waals surface area (Å²) in [6.07, 6.45) is 1.80. The molecular formula is C15H16ClN5O3. The average molecular weight is 350 g/mol. The van der Waals surface area contributed by atoms with Crippen LogP contribution in [0.2, 0.25) is 5.02 Å². The molecule has 3 rings (SSSR count). The van der Waals surface area contributed by atoms with Crippen LogP contribution in [0.15, 0.2) is 30.6 Å². The molecule has 2 heterocycles. The molecule has 0 spiro atoms. The van der Waals surface area contributed by atoms with Crippen LogP contribution in [-0.2, 0) is 0 Å². The van der Waals surface area contributed by atoms with Gasteiger partial charge in [-0.1, -0.05) is 24.6 Å². The zero-order valence-corrected chi connectivity index (χ0v) is 13.5. The Morgan fingerprint density at radius 2 is 2.33 bits per heavy atom. The van der Waals surface area contributed by atoms with E-state index in [0.717, 1.165) is 0 Å². The van der Waals surface area contributed by atoms with Crippen molar-refractivity contribution in [1.29, 1.82) is 0 Å². The standard InChI is InChI=1S/C15H16ClN5O3/c1-2-10(20-15(23)24)13-19-11-5-3-4-9(16)12(11)14(22)21(13)8-6-17-18-7-8/h3-7,10,13,19-20H,2H2,1H3,(H,17,18)(H,23,24). The van der Waals surface area contributed by atoms with Crippen molar-refractivity contribution in [3.05, 3.63) is 41.2 Å². The highest BCUT2D eigenvalue weighted by Crippen LogP contribution is 2.34. The lowest BCUT2D eigenvalue weighted by Crippen LogP contribution is -2.59. The molecule has 0 saturated carbocycles. The molecule has 8 nitrogen and oxygen atoms in total. The van der Waals surface area contributed by atoms with E-state index in [1.165, 1.54) is 11.1 Å². The summed E-state index contributed by atoms with van der Waals surface area (Å²) < 4.78 is 0. The second-order valence-electron chi connectivity index (χ2n) is 5.35. The smallest absolute Gasteiger partial charge is 0.405 e. The van der Waals surface area contributed by atoms with Gasteiger partial charge in [-0.2, -0.15) is 5.10 Å². The maximum absolute atomic E-state index is 13.0. The second kappa shape index (κ2) is 6.40. The summed E-state index contributed by atoms with van der Waals surface area (Å²) in [6, 6.07) is 4.60. The lowest BCUT2D eigenvalue weighted by atomic mass is 10.0. The number of amides is 2. The molecule has 1 aromatic carbocycles. The van der Waals surface area contributed by atoms with Gasteiger partial charge in [-0.25, -0.2) is 4.79 Å². The predicted octanol–water partition coefficient (Wildman–Crippen LogP) is 2.51. The number of nitrogens with one attached hydrogen (secondary N) is 3. The maximum atomic E-state index is 13.0. The van der Waals surface area contributed by atoms with Crippen LogP contribution >= 0.6 is 11.6 Å². The van der Waals surface area contributed by atoms with E-state index in [1.807, 2.05) is 6.92 Å². The summed E-state index contributed by atoms with van der Waals surface area (Å²) >= 11 is 6.19. The van der Waals surface area contributed by atoms with Crippen LogP contribution < -0.4 is 15.5 Å². The average Bonchev–Trinajstić information content (AvgIpc) is 3.06. The molecule has 1 aromatic heterocycles. The summed E-state index contributed by atoms with van der Waals surface area (Å²) in [5.41, 5.74) is 1.44. The fourth-order valence-electron chi connectivity index (χ4n) is 2.83. The number of carboxylic acid groups (broad SMARTS) is 1. The second-order valence-corrected chi connectivity index (χ2v) is 5.75. The van der Waals surface area contributed by atoms with E-state index in [9.17, 15) is 9.59 Å². The van der Waals surface area contributed by atoms with E-state index in [-0.39, 0.29) is 5.91 Å². The van der Waals surface area contributed by atoms with Gasteiger partial charge in [0, 0.05) is 6.20 Å². The highest BCUT2D eigenvalue weighted by atomic mass is 35.5. The van der Waals surface area contributed by atoms with Crippen LogP contribution in [0.4, 0.5) is 16.2 Å². The molecule has 2 unspecified atom stereocenters. The Labute approximate surface area is 142 Å². The summed E-state index contributed by atoms with van der Waals surface area (Å²) in [5.74, 6) is -0.314. The Kier molecular flexibility index (Phi) is 4.30. The Balaban J connectivity index is 2.08. The summed E-state index contributed by atoms with van der Waals surface area (Å²) in [4.78, 5) is 25.6. The number of rotatable bonds is 4. The molecule has 24 heavy (non-hydrogen) atoms. The van der Waals surface area contributed by atoms with Gasteiger partial charge in [0.05, 0.1) is 34.2 Å². The SMILES string of the molecule is CCC(NC(=O)O)C1Nc2cccc(Cl)c2C(=O)N1c1cn[nH]c1. The van der Waals surface area contributed by atoms with Crippen LogP contribution in [0.5, 0.6) is 0 Å². The van der Waals surface area contributed by atoms with Gasteiger partial charge in [0.15, 0.2) is 0 Å². The van der Waals surface area contributed by atoms with Gasteiger partial charge in [-0.05, 0) is 18.6 Å². The van der Waals surface area contributed by atoms with Crippen molar-refractivity contribution >= 4 is 35.0 Å². The van der Waals surface area contributed by atoms with Crippen LogP contribution in [0.3, 0.4) is 0 Å². The van der Waals surface area contributed by atoms with E-state index in [0.29, 0.717) is 28.4 Å². The topological polar surface area (TPSA) is 110 Å². The number of fused-ring (bicyclic) bond motifs is 1. The number of anilines is 2. The maximum Gasteiger partial charge on any atom is 0.405 e. The van der Waals surface area contributed by atoms with Crippen LogP contribution in [-0.4, -0.2) is 39.5 Å². The fourth-order valence-corrected chi connectivity index (χ4v) is 3.08. The molecule has 1 aliphatic rings. The highest BCUT2D eigenvalue weighted by Gasteiger charge is 2.39. The van der Waals surface area contributed by atoms with Crippen LogP contribution in [0, 0.1) is 0 Å². The Hall–Kier alpha value is -2.74. The van der Waals surface area contributed by atoms with Crippen molar-refractivity contribution in [3.8, 4) is 0 Å². The number of hydrogen-bond acceptors (Lipinski definition) is 4. The molecule has 2 amide bonds. The molecule has 2 atom stereocenters. The number of benzene rings is 1. The first-order valence-electron chi connectivity index (χ1n) is 7.39. The number of nitrogens with zero attached hydrogens (tertiary/aromatic N) is 2. The molecule has 126 valence electrons. The summed E-state index contributed by atoms with van der Waals surface area (Å²) in [6.45, 7) is 1.84. The lowest BCUT2D eigenvalue weighted by molar-refractivity contribution is 0.0967. The molecule has 0 saturated heterocycles.